The van der Waals surface area contributed by atoms with Crippen LogP contribution < -0.4 is 4.74 Å². The molecule has 9 nitrogen and oxygen atoms in total. The van der Waals surface area contributed by atoms with Crippen molar-refractivity contribution in [3.8, 4) is 5.88 Å². The molecule has 3 aliphatic heterocycles. The Balaban J connectivity index is 0.990. The smallest absolute Gasteiger partial charge is 0.254 e. The third-order valence-electron chi connectivity index (χ3n) is 8.42. The van der Waals surface area contributed by atoms with Crippen molar-refractivity contribution in [2.45, 2.75) is 38.1 Å². The molecule has 1 aromatic carbocycles. The molecule has 194 valence electrons. The van der Waals surface area contributed by atoms with Crippen molar-refractivity contribution in [3.63, 3.8) is 0 Å². The summed E-state index contributed by atoms with van der Waals surface area (Å²) in [5, 5.41) is 11.0. The first-order valence-electron chi connectivity index (χ1n) is 13.7. The minimum atomic E-state index is 0.118. The number of hydrogen-bond acceptors (Lipinski definition) is 7. The van der Waals surface area contributed by atoms with E-state index in [4.69, 9.17) is 14.5 Å². The summed E-state index contributed by atoms with van der Waals surface area (Å²) in [5.41, 5.74) is 4.80. The van der Waals surface area contributed by atoms with Crippen molar-refractivity contribution in [3.05, 3.63) is 47.2 Å². The third kappa shape index (κ3) is 4.94. The zero-order valence-corrected chi connectivity index (χ0v) is 21.1. The van der Waals surface area contributed by atoms with Crippen LogP contribution in [0.2, 0.25) is 0 Å². The molecule has 1 N–H and O–H groups in total. The van der Waals surface area contributed by atoms with Gasteiger partial charge in [0.15, 0.2) is 0 Å². The molecule has 1 amide bonds. The van der Waals surface area contributed by atoms with Crippen molar-refractivity contribution in [2.24, 2.45) is 17.8 Å². The molecular formula is C28H34N6O3. The zero-order valence-electron chi connectivity index (χ0n) is 21.1. The molecule has 3 aromatic rings. The number of fused-ring (bicyclic) bond motifs is 2. The van der Waals surface area contributed by atoms with Gasteiger partial charge in [-0.15, -0.1) is 0 Å². The van der Waals surface area contributed by atoms with Gasteiger partial charge in [0, 0.05) is 68.5 Å². The van der Waals surface area contributed by atoms with E-state index in [1.807, 2.05) is 18.2 Å². The zero-order chi connectivity index (χ0) is 24.8. The highest BCUT2D eigenvalue weighted by molar-refractivity contribution is 5.95. The summed E-state index contributed by atoms with van der Waals surface area (Å²) < 4.78 is 11.7. The highest BCUT2D eigenvalue weighted by Crippen LogP contribution is 2.40. The Hall–Kier alpha value is -3.04. The SMILES string of the molecule is O=C(c1cc(OCC2CCCOC2)nc(C2CC2)c1)N1C[C@H]2CN(Cc3ccc4n[nH]nc4c3)C[C@@H]2C1. The lowest BCUT2D eigenvalue weighted by molar-refractivity contribution is 0.0343. The van der Waals surface area contributed by atoms with Gasteiger partial charge in [-0.05, 0) is 61.3 Å². The third-order valence-corrected chi connectivity index (χ3v) is 8.42. The minimum absolute atomic E-state index is 0.118. The number of nitrogens with zero attached hydrogens (tertiary/aromatic N) is 5. The van der Waals surface area contributed by atoms with Crippen LogP contribution in [0.4, 0.5) is 0 Å². The average Bonchev–Trinajstić information content (AvgIpc) is 3.37. The van der Waals surface area contributed by atoms with E-state index in [0.717, 1.165) is 93.9 Å². The predicted molar refractivity (Wildman–Crippen MR) is 137 cm³/mol. The maximum Gasteiger partial charge on any atom is 0.254 e. The van der Waals surface area contributed by atoms with Crippen LogP contribution >= 0.6 is 0 Å². The number of carbonyl (C=O) groups excluding carboxylic acids is 1. The molecule has 0 spiro atoms. The van der Waals surface area contributed by atoms with Crippen LogP contribution in [0.15, 0.2) is 30.3 Å². The second-order valence-corrected chi connectivity index (χ2v) is 11.4. The largest absolute Gasteiger partial charge is 0.477 e. The van der Waals surface area contributed by atoms with E-state index in [0.29, 0.717) is 36.2 Å². The summed E-state index contributed by atoms with van der Waals surface area (Å²) in [5.74, 6) is 2.62. The number of carbonyl (C=O) groups is 1. The minimum Gasteiger partial charge on any atom is -0.477 e. The van der Waals surface area contributed by atoms with Crippen LogP contribution in [0.3, 0.4) is 0 Å². The fraction of sp³-hybridized carbons (Fsp3) is 0.571. The fourth-order valence-corrected chi connectivity index (χ4v) is 6.26. The van der Waals surface area contributed by atoms with Crippen LogP contribution in [-0.2, 0) is 11.3 Å². The molecular weight excluding hydrogens is 468 g/mol. The standard InChI is InChI=1S/C28H34N6O3/c35-28(21-9-25(20-4-5-20)29-27(10-21)37-17-19-2-1-7-36-16-19)34-14-22-12-33(13-23(22)15-34)11-18-3-6-24-26(8-18)31-32-30-24/h3,6,8-10,19-20,22-23H,1-2,4-5,7,11-17H2,(H,30,31,32)/t19?,22-,23-/m1/s1. The molecule has 1 aliphatic carbocycles. The monoisotopic (exact) mass is 502 g/mol. The van der Waals surface area contributed by atoms with E-state index >= 15 is 0 Å². The van der Waals surface area contributed by atoms with Crippen molar-refractivity contribution in [2.75, 3.05) is 46.0 Å². The summed E-state index contributed by atoms with van der Waals surface area (Å²) in [6.07, 6.45) is 4.50. The van der Waals surface area contributed by atoms with Crippen LogP contribution in [0.25, 0.3) is 11.0 Å². The summed E-state index contributed by atoms with van der Waals surface area (Å²) in [6, 6.07) is 10.1. The molecule has 0 bridgehead atoms. The molecule has 4 fully saturated rings. The van der Waals surface area contributed by atoms with Gasteiger partial charge >= 0.3 is 0 Å². The number of amides is 1. The Morgan fingerprint density at radius 2 is 1.86 bits per heavy atom. The molecule has 1 unspecified atom stereocenters. The number of H-pyrrole nitrogens is 1. The molecule has 4 aliphatic rings. The quantitative estimate of drug-likeness (QED) is 0.530. The summed E-state index contributed by atoms with van der Waals surface area (Å²) in [6.45, 7) is 6.78. The van der Waals surface area contributed by atoms with Crippen LogP contribution in [0.1, 0.15) is 53.2 Å². The first-order valence-corrected chi connectivity index (χ1v) is 13.7. The van der Waals surface area contributed by atoms with Crippen molar-refractivity contribution in [1.29, 1.82) is 0 Å². The van der Waals surface area contributed by atoms with E-state index in [2.05, 4.69) is 37.3 Å². The lowest BCUT2D eigenvalue weighted by atomic mass is 10.0. The molecule has 1 saturated carbocycles. The van der Waals surface area contributed by atoms with Gasteiger partial charge < -0.3 is 14.4 Å². The molecule has 9 heteroatoms. The van der Waals surface area contributed by atoms with E-state index < -0.39 is 0 Å². The molecule has 5 heterocycles. The second kappa shape index (κ2) is 9.68. The van der Waals surface area contributed by atoms with E-state index in [9.17, 15) is 4.79 Å². The summed E-state index contributed by atoms with van der Waals surface area (Å²) >= 11 is 0. The number of aromatic amines is 1. The first-order chi connectivity index (χ1) is 18.2. The number of nitrogens with one attached hydrogen (secondary N) is 1. The maximum atomic E-state index is 13.6. The number of hydrogen-bond donors (Lipinski definition) is 1. The Bertz CT molecular complexity index is 1270. The molecule has 3 atom stereocenters. The average molecular weight is 503 g/mol. The second-order valence-electron chi connectivity index (χ2n) is 11.4. The van der Waals surface area contributed by atoms with Crippen molar-refractivity contribution < 1.29 is 14.3 Å². The number of rotatable bonds is 7. The van der Waals surface area contributed by atoms with E-state index in [-0.39, 0.29) is 5.91 Å². The van der Waals surface area contributed by atoms with Crippen LogP contribution in [0.5, 0.6) is 5.88 Å². The molecule has 3 saturated heterocycles. The first kappa shape index (κ1) is 23.1. The number of likely N-dealkylation sites (tertiary alicyclic amines) is 2. The summed E-state index contributed by atoms with van der Waals surface area (Å²) in [4.78, 5) is 22.9. The Labute approximate surface area is 216 Å². The number of pyridine rings is 1. The molecule has 7 rings (SSSR count). The lowest BCUT2D eigenvalue weighted by Gasteiger charge is -2.23. The predicted octanol–water partition coefficient (Wildman–Crippen LogP) is 3.24. The van der Waals surface area contributed by atoms with Gasteiger partial charge in [0.25, 0.3) is 5.91 Å². The van der Waals surface area contributed by atoms with Gasteiger partial charge in [-0.2, -0.15) is 15.4 Å². The van der Waals surface area contributed by atoms with Gasteiger partial charge in [0.2, 0.25) is 5.88 Å². The van der Waals surface area contributed by atoms with Gasteiger partial charge in [0.05, 0.1) is 13.2 Å². The van der Waals surface area contributed by atoms with E-state index in [1.165, 1.54) is 5.56 Å². The Kier molecular flexibility index (Phi) is 6.05. The summed E-state index contributed by atoms with van der Waals surface area (Å²) in [7, 11) is 0. The van der Waals surface area contributed by atoms with Gasteiger partial charge in [0.1, 0.15) is 11.0 Å². The topological polar surface area (TPSA) is 96.5 Å². The lowest BCUT2D eigenvalue weighted by Crippen LogP contribution is -2.33. The van der Waals surface area contributed by atoms with Gasteiger partial charge in [-0.1, -0.05) is 6.07 Å². The Morgan fingerprint density at radius 1 is 1.03 bits per heavy atom. The fourth-order valence-electron chi connectivity index (χ4n) is 6.26. The number of ether oxygens (including phenoxy) is 2. The van der Waals surface area contributed by atoms with Crippen molar-refractivity contribution in [1.82, 2.24) is 30.2 Å². The normalized spacial score (nSPS) is 26.1. The van der Waals surface area contributed by atoms with Crippen LogP contribution in [0, 0.1) is 17.8 Å². The molecule has 2 aromatic heterocycles. The van der Waals surface area contributed by atoms with Gasteiger partial charge in [-0.25, -0.2) is 4.98 Å². The Morgan fingerprint density at radius 3 is 2.65 bits per heavy atom. The van der Waals surface area contributed by atoms with Crippen LogP contribution in [-0.4, -0.2) is 82.1 Å². The van der Waals surface area contributed by atoms with E-state index in [1.54, 1.807) is 0 Å². The maximum absolute atomic E-state index is 13.6. The number of benzene rings is 1. The molecule has 37 heavy (non-hydrogen) atoms. The molecule has 0 radical (unpaired) electrons. The highest BCUT2D eigenvalue weighted by Gasteiger charge is 2.42. The van der Waals surface area contributed by atoms with Crippen molar-refractivity contribution >= 4 is 16.9 Å². The highest BCUT2D eigenvalue weighted by atomic mass is 16.5. The number of aromatic nitrogens is 4. The van der Waals surface area contributed by atoms with Gasteiger partial charge in [-0.3, -0.25) is 9.69 Å².